The summed E-state index contributed by atoms with van der Waals surface area (Å²) in [5, 5.41) is 0. The quantitative estimate of drug-likeness (QED) is 0.297. The Kier molecular flexibility index (Phi) is 10.5. The summed E-state index contributed by atoms with van der Waals surface area (Å²) in [6.45, 7) is 9.74. The average molecular weight is 243 g/mol. The smallest absolute Gasteiger partial charge is 0.0471 e. The van der Waals surface area contributed by atoms with Crippen LogP contribution in [0.3, 0.4) is 0 Å². The summed E-state index contributed by atoms with van der Waals surface area (Å²) in [4.78, 5) is 0. The fourth-order valence-electron chi connectivity index (χ4n) is 2.09. The Bertz CT molecular complexity index is 140. The molecule has 0 aromatic heterocycles. The van der Waals surface area contributed by atoms with E-state index in [1.165, 1.54) is 63.8 Å². The molecule has 0 heterocycles. The van der Waals surface area contributed by atoms with Crippen molar-refractivity contribution in [2.24, 2.45) is 0 Å². The van der Waals surface area contributed by atoms with Crippen LogP contribution < -0.4 is 0 Å². The minimum absolute atomic E-state index is 0.763. The van der Waals surface area contributed by atoms with Gasteiger partial charge in [-0.15, -0.1) is 0 Å². The topological polar surface area (TPSA) is 0 Å². The highest BCUT2D eigenvalue weighted by Gasteiger charge is 2.16. The molecule has 0 radical (unpaired) electrons. The second kappa shape index (κ2) is 10.4. The first-order valence-corrected chi connectivity index (χ1v) is 11.0. The van der Waals surface area contributed by atoms with E-state index in [9.17, 15) is 0 Å². The molecular weight excluding hydrogens is 208 g/mol. The highest BCUT2D eigenvalue weighted by atomic mass is 28.3. The van der Waals surface area contributed by atoms with E-state index in [1.807, 2.05) is 0 Å². The van der Waals surface area contributed by atoms with Gasteiger partial charge in [0.05, 0.1) is 0 Å². The van der Waals surface area contributed by atoms with Crippen LogP contribution in [-0.4, -0.2) is 8.07 Å². The highest BCUT2D eigenvalue weighted by Crippen LogP contribution is 2.19. The van der Waals surface area contributed by atoms with Crippen molar-refractivity contribution < 1.29 is 0 Å². The molecule has 1 heteroatoms. The SMILES string of the molecule is CCCCCCCCCCC[Si](C)(C)CC. The molecule has 0 atom stereocenters. The zero-order valence-corrected chi connectivity index (χ0v) is 13.3. The second-order valence-corrected chi connectivity index (χ2v) is 11.6. The monoisotopic (exact) mass is 242 g/mol. The lowest BCUT2D eigenvalue weighted by Crippen LogP contribution is -2.22. The van der Waals surface area contributed by atoms with Gasteiger partial charge in [-0.1, -0.05) is 96.8 Å². The van der Waals surface area contributed by atoms with Gasteiger partial charge < -0.3 is 0 Å². The predicted molar refractivity (Wildman–Crippen MR) is 80.0 cm³/mol. The van der Waals surface area contributed by atoms with E-state index in [1.54, 1.807) is 6.04 Å². The molecule has 0 aliphatic heterocycles. The molecule has 98 valence electrons. The molecule has 0 unspecified atom stereocenters. The van der Waals surface area contributed by atoms with Crippen LogP contribution in [0, 0.1) is 0 Å². The van der Waals surface area contributed by atoms with Crippen LogP contribution in [0.15, 0.2) is 0 Å². The molecule has 0 saturated heterocycles. The molecule has 0 spiro atoms. The second-order valence-electron chi connectivity index (χ2n) is 6.10. The third-order valence-corrected chi connectivity index (χ3v) is 7.54. The van der Waals surface area contributed by atoms with Gasteiger partial charge in [0.15, 0.2) is 0 Å². The lowest BCUT2D eigenvalue weighted by atomic mass is 10.1. The lowest BCUT2D eigenvalue weighted by Gasteiger charge is -2.19. The maximum absolute atomic E-state index is 2.54. The Balaban J connectivity index is 3.10. The van der Waals surface area contributed by atoms with Crippen molar-refractivity contribution in [1.82, 2.24) is 0 Å². The van der Waals surface area contributed by atoms with E-state index >= 15 is 0 Å². The first-order valence-electron chi connectivity index (χ1n) is 7.62. The Morgan fingerprint density at radius 3 is 1.50 bits per heavy atom. The Morgan fingerprint density at radius 2 is 1.06 bits per heavy atom. The van der Waals surface area contributed by atoms with Gasteiger partial charge in [0, 0.05) is 8.07 Å². The summed E-state index contributed by atoms with van der Waals surface area (Å²) in [5.74, 6) is 0. The van der Waals surface area contributed by atoms with Gasteiger partial charge in [-0.25, -0.2) is 0 Å². The van der Waals surface area contributed by atoms with Crippen LogP contribution in [0.4, 0.5) is 0 Å². The van der Waals surface area contributed by atoms with Crippen LogP contribution in [0.2, 0.25) is 25.2 Å². The molecule has 0 bridgehead atoms. The number of hydrogen-bond acceptors (Lipinski definition) is 0. The maximum Gasteiger partial charge on any atom is 0.0471 e. The minimum Gasteiger partial charge on any atom is -0.0694 e. The molecule has 0 N–H and O–H groups in total. The number of hydrogen-bond donors (Lipinski definition) is 0. The van der Waals surface area contributed by atoms with E-state index in [4.69, 9.17) is 0 Å². The molecule has 0 nitrogen and oxygen atoms in total. The first kappa shape index (κ1) is 16.2. The van der Waals surface area contributed by atoms with Crippen molar-refractivity contribution in [3.63, 3.8) is 0 Å². The summed E-state index contributed by atoms with van der Waals surface area (Å²) < 4.78 is 0. The molecule has 0 aromatic carbocycles. The van der Waals surface area contributed by atoms with Gasteiger partial charge >= 0.3 is 0 Å². The van der Waals surface area contributed by atoms with Crippen molar-refractivity contribution >= 4 is 8.07 Å². The van der Waals surface area contributed by atoms with E-state index in [-0.39, 0.29) is 0 Å². The van der Waals surface area contributed by atoms with E-state index in [0.717, 1.165) is 0 Å². The lowest BCUT2D eigenvalue weighted by molar-refractivity contribution is 0.571. The van der Waals surface area contributed by atoms with Crippen molar-refractivity contribution in [3.05, 3.63) is 0 Å². The summed E-state index contributed by atoms with van der Waals surface area (Å²) in [7, 11) is -0.763. The van der Waals surface area contributed by atoms with Gasteiger partial charge in [-0.2, -0.15) is 0 Å². The molecule has 0 fully saturated rings. The fraction of sp³-hybridized carbons (Fsp3) is 1.00. The Morgan fingerprint density at radius 1 is 0.625 bits per heavy atom. The third-order valence-electron chi connectivity index (χ3n) is 3.91. The number of rotatable bonds is 11. The van der Waals surface area contributed by atoms with Crippen molar-refractivity contribution in [3.8, 4) is 0 Å². The van der Waals surface area contributed by atoms with Crippen molar-refractivity contribution in [1.29, 1.82) is 0 Å². The molecule has 0 aliphatic rings. The van der Waals surface area contributed by atoms with E-state index < -0.39 is 8.07 Å². The van der Waals surface area contributed by atoms with E-state index in [0.29, 0.717) is 0 Å². The standard InChI is InChI=1S/C15H34Si/c1-5-7-8-9-10-11-12-13-14-15-16(3,4)6-2/h5-15H2,1-4H3. The summed E-state index contributed by atoms with van der Waals surface area (Å²) >= 11 is 0. The Hall–Kier alpha value is 0.217. The molecular formula is C15H34Si. The van der Waals surface area contributed by atoms with Crippen LogP contribution in [-0.2, 0) is 0 Å². The molecule has 16 heavy (non-hydrogen) atoms. The molecule has 0 rings (SSSR count). The van der Waals surface area contributed by atoms with Crippen LogP contribution in [0.1, 0.15) is 71.6 Å². The van der Waals surface area contributed by atoms with E-state index in [2.05, 4.69) is 26.9 Å². The van der Waals surface area contributed by atoms with Gasteiger partial charge in [-0.05, 0) is 0 Å². The fourth-order valence-corrected chi connectivity index (χ4v) is 3.65. The zero-order chi connectivity index (χ0) is 12.3. The zero-order valence-electron chi connectivity index (χ0n) is 12.3. The van der Waals surface area contributed by atoms with Gasteiger partial charge in [0.2, 0.25) is 0 Å². The van der Waals surface area contributed by atoms with Gasteiger partial charge in [0.1, 0.15) is 0 Å². The normalized spacial score (nSPS) is 12.0. The molecule has 0 saturated carbocycles. The minimum atomic E-state index is -0.763. The summed E-state index contributed by atoms with van der Waals surface area (Å²) in [6, 6.07) is 3.02. The van der Waals surface area contributed by atoms with Gasteiger partial charge in [0.25, 0.3) is 0 Å². The van der Waals surface area contributed by atoms with Crippen LogP contribution in [0.5, 0.6) is 0 Å². The van der Waals surface area contributed by atoms with Crippen molar-refractivity contribution in [2.75, 3.05) is 0 Å². The first-order chi connectivity index (χ1) is 7.62. The summed E-state index contributed by atoms with van der Waals surface area (Å²) in [6.07, 6.45) is 13.2. The van der Waals surface area contributed by atoms with Crippen LogP contribution >= 0.6 is 0 Å². The molecule has 0 amide bonds. The Labute approximate surface area is 105 Å². The molecule has 0 aliphatic carbocycles. The highest BCUT2D eigenvalue weighted by molar-refractivity contribution is 6.77. The number of unbranched alkanes of at least 4 members (excludes halogenated alkanes) is 8. The molecule has 0 aromatic rings. The maximum atomic E-state index is 2.54. The summed E-state index contributed by atoms with van der Waals surface area (Å²) in [5.41, 5.74) is 0. The van der Waals surface area contributed by atoms with Gasteiger partial charge in [-0.3, -0.25) is 0 Å². The van der Waals surface area contributed by atoms with Crippen LogP contribution in [0.25, 0.3) is 0 Å². The average Bonchev–Trinajstić information content (AvgIpc) is 2.27. The third kappa shape index (κ3) is 10.7. The predicted octanol–water partition coefficient (Wildman–Crippen LogP) is 6.25. The largest absolute Gasteiger partial charge is 0.0694 e. The van der Waals surface area contributed by atoms with Crippen molar-refractivity contribution in [2.45, 2.75) is 96.8 Å².